The number of nitrogen functional groups attached to an aromatic ring is 1. The highest BCUT2D eigenvalue weighted by Crippen LogP contribution is 2.30. The van der Waals surface area contributed by atoms with Crippen molar-refractivity contribution in [1.29, 1.82) is 0 Å². The Bertz CT molecular complexity index is 229. The molecule has 0 aliphatic heterocycles. The lowest BCUT2D eigenvalue weighted by Gasteiger charge is -2.11. The van der Waals surface area contributed by atoms with Gasteiger partial charge >= 0.3 is 0 Å². The van der Waals surface area contributed by atoms with E-state index in [4.69, 9.17) is 17.3 Å². The van der Waals surface area contributed by atoms with Crippen LogP contribution >= 0.6 is 11.6 Å². The maximum absolute atomic E-state index is 13.2. The summed E-state index contributed by atoms with van der Waals surface area (Å²) >= 11 is 5.73. The first-order valence-electron chi connectivity index (χ1n) is 3.67. The van der Waals surface area contributed by atoms with Crippen LogP contribution in [0.2, 0.25) is 5.02 Å². The molecular formula is C9H11ClFN. The summed E-state index contributed by atoms with van der Waals surface area (Å²) in [5.74, 6) is -0.405. The molecular weight excluding hydrogens is 177 g/mol. The average molecular weight is 188 g/mol. The number of anilines is 1. The van der Waals surface area contributed by atoms with Crippen LogP contribution in [0.3, 0.4) is 0 Å². The molecule has 0 atom stereocenters. The lowest BCUT2D eigenvalue weighted by atomic mass is 10.0. The van der Waals surface area contributed by atoms with E-state index >= 15 is 0 Å². The molecule has 1 aromatic rings. The molecule has 0 aliphatic rings. The Kier molecular flexibility index (Phi) is 2.29. The zero-order chi connectivity index (χ0) is 9.46. The van der Waals surface area contributed by atoms with Crippen molar-refractivity contribution in [3.8, 4) is 0 Å². The minimum absolute atomic E-state index is 0.180. The van der Waals surface area contributed by atoms with Crippen molar-refractivity contribution in [2.45, 2.75) is 20.8 Å². The summed E-state index contributed by atoms with van der Waals surface area (Å²) in [6, 6.07) is 0. The first-order valence-corrected chi connectivity index (χ1v) is 4.04. The van der Waals surface area contributed by atoms with Crippen molar-refractivity contribution in [3.63, 3.8) is 0 Å². The summed E-state index contributed by atoms with van der Waals surface area (Å²) in [7, 11) is 0. The van der Waals surface area contributed by atoms with Gasteiger partial charge < -0.3 is 5.73 Å². The number of nitrogens with two attached hydrogens (primary N) is 1. The van der Waals surface area contributed by atoms with Crippen molar-refractivity contribution in [3.05, 3.63) is 27.5 Å². The van der Waals surface area contributed by atoms with E-state index in [9.17, 15) is 4.39 Å². The van der Waals surface area contributed by atoms with Gasteiger partial charge in [-0.2, -0.15) is 0 Å². The predicted molar refractivity (Wildman–Crippen MR) is 50.0 cm³/mol. The summed E-state index contributed by atoms with van der Waals surface area (Å²) in [5, 5.41) is 0.180. The van der Waals surface area contributed by atoms with E-state index in [1.165, 1.54) is 0 Å². The molecule has 0 bridgehead atoms. The van der Waals surface area contributed by atoms with Gasteiger partial charge in [0, 0.05) is 11.3 Å². The van der Waals surface area contributed by atoms with Crippen LogP contribution in [0.15, 0.2) is 0 Å². The second-order valence-electron chi connectivity index (χ2n) is 2.92. The lowest BCUT2D eigenvalue weighted by Crippen LogP contribution is -2.00. The highest BCUT2D eigenvalue weighted by atomic mass is 35.5. The van der Waals surface area contributed by atoms with Crippen LogP contribution in [0.4, 0.5) is 10.1 Å². The summed E-state index contributed by atoms with van der Waals surface area (Å²) < 4.78 is 13.2. The average Bonchev–Trinajstić information content (AvgIpc) is 2.08. The maximum Gasteiger partial charge on any atom is 0.147 e. The largest absolute Gasteiger partial charge is 0.398 e. The molecule has 3 heteroatoms. The van der Waals surface area contributed by atoms with Crippen LogP contribution in [-0.4, -0.2) is 0 Å². The van der Waals surface area contributed by atoms with E-state index in [1.807, 2.05) is 6.92 Å². The Morgan fingerprint density at radius 2 is 1.58 bits per heavy atom. The number of benzene rings is 1. The van der Waals surface area contributed by atoms with Crippen molar-refractivity contribution >= 4 is 17.3 Å². The van der Waals surface area contributed by atoms with Gasteiger partial charge in [0.15, 0.2) is 0 Å². The molecule has 0 radical (unpaired) electrons. The monoisotopic (exact) mass is 187 g/mol. The van der Waals surface area contributed by atoms with Gasteiger partial charge in [0.25, 0.3) is 0 Å². The van der Waals surface area contributed by atoms with Crippen molar-refractivity contribution in [1.82, 2.24) is 0 Å². The molecule has 12 heavy (non-hydrogen) atoms. The Morgan fingerprint density at radius 3 is 2.08 bits per heavy atom. The van der Waals surface area contributed by atoms with Gasteiger partial charge in [-0.25, -0.2) is 4.39 Å². The van der Waals surface area contributed by atoms with E-state index in [1.54, 1.807) is 13.8 Å². The van der Waals surface area contributed by atoms with E-state index in [0.717, 1.165) is 11.1 Å². The van der Waals surface area contributed by atoms with E-state index in [-0.39, 0.29) is 5.02 Å². The standard InChI is InChI=1S/C9H11ClFN/c1-4-5(2)9(12)6(3)8(11)7(4)10/h12H2,1-3H3. The minimum atomic E-state index is -0.405. The van der Waals surface area contributed by atoms with Crippen LogP contribution < -0.4 is 5.73 Å². The fourth-order valence-corrected chi connectivity index (χ4v) is 1.38. The Hall–Kier alpha value is -0.760. The van der Waals surface area contributed by atoms with Gasteiger partial charge in [0.05, 0.1) is 5.02 Å². The van der Waals surface area contributed by atoms with Crippen molar-refractivity contribution in [2.24, 2.45) is 0 Å². The third-order valence-electron chi connectivity index (χ3n) is 2.22. The lowest BCUT2D eigenvalue weighted by molar-refractivity contribution is 0.618. The number of halogens is 2. The van der Waals surface area contributed by atoms with Gasteiger partial charge in [0.1, 0.15) is 5.82 Å². The summed E-state index contributed by atoms with van der Waals surface area (Å²) in [5.41, 5.74) is 8.16. The third kappa shape index (κ3) is 1.16. The molecule has 0 amide bonds. The van der Waals surface area contributed by atoms with Crippen LogP contribution in [-0.2, 0) is 0 Å². The molecule has 0 spiro atoms. The Balaban J connectivity index is 3.60. The molecule has 0 unspecified atom stereocenters. The predicted octanol–water partition coefficient (Wildman–Crippen LogP) is 2.99. The van der Waals surface area contributed by atoms with Crippen molar-refractivity contribution < 1.29 is 4.39 Å². The van der Waals surface area contributed by atoms with Gasteiger partial charge in [-0.1, -0.05) is 11.6 Å². The molecule has 2 N–H and O–H groups in total. The van der Waals surface area contributed by atoms with Gasteiger partial charge in [-0.15, -0.1) is 0 Å². The topological polar surface area (TPSA) is 26.0 Å². The zero-order valence-electron chi connectivity index (χ0n) is 7.33. The Labute approximate surface area is 76.3 Å². The molecule has 0 saturated heterocycles. The molecule has 0 fully saturated rings. The highest BCUT2D eigenvalue weighted by molar-refractivity contribution is 6.31. The third-order valence-corrected chi connectivity index (χ3v) is 2.67. The second-order valence-corrected chi connectivity index (χ2v) is 3.29. The van der Waals surface area contributed by atoms with E-state index in [2.05, 4.69) is 0 Å². The summed E-state index contributed by atoms with van der Waals surface area (Å²) in [6.07, 6.45) is 0. The van der Waals surface area contributed by atoms with Gasteiger partial charge in [0.2, 0.25) is 0 Å². The van der Waals surface area contributed by atoms with Crippen LogP contribution in [0.25, 0.3) is 0 Å². The van der Waals surface area contributed by atoms with E-state index < -0.39 is 5.82 Å². The van der Waals surface area contributed by atoms with Crippen molar-refractivity contribution in [2.75, 3.05) is 5.73 Å². The fourth-order valence-electron chi connectivity index (χ4n) is 1.10. The molecule has 0 aliphatic carbocycles. The highest BCUT2D eigenvalue weighted by Gasteiger charge is 2.13. The molecule has 0 aromatic heterocycles. The molecule has 0 saturated carbocycles. The normalized spacial score (nSPS) is 10.4. The quantitative estimate of drug-likeness (QED) is 0.621. The van der Waals surface area contributed by atoms with Crippen LogP contribution in [0, 0.1) is 26.6 Å². The first kappa shape index (κ1) is 9.33. The smallest absolute Gasteiger partial charge is 0.147 e. The maximum atomic E-state index is 13.2. The number of rotatable bonds is 0. The minimum Gasteiger partial charge on any atom is -0.398 e. The number of hydrogen-bond acceptors (Lipinski definition) is 1. The molecule has 1 rings (SSSR count). The molecule has 1 aromatic carbocycles. The summed E-state index contributed by atoms with van der Waals surface area (Å²) in [4.78, 5) is 0. The van der Waals surface area contributed by atoms with Crippen LogP contribution in [0.5, 0.6) is 0 Å². The summed E-state index contributed by atoms with van der Waals surface area (Å²) in [6.45, 7) is 5.22. The SMILES string of the molecule is Cc1c(C)c(Cl)c(F)c(C)c1N. The number of hydrogen-bond donors (Lipinski definition) is 1. The fraction of sp³-hybridized carbons (Fsp3) is 0.333. The van der Waals surface area contributed by atoms with Gasteiger partial charge in [-0.3, -0.25) is 0 Å². The first-order chi connectivity index (χ1) is 5.46. The molecule has 0 heterocycles. The molecule has 1 nitrogen and oxygen atoms in total. The van der Waals surface area contributed by atoms with Crippen LogP contribution in [0.1, 0.15) is 16.7 Å². The zero-order valence-corrected chi connectivity index (χ0v) is 8.09. The van der Waals surface area contributed by atoms with Gasteiger partial charge in [-0.05, 0) is 31.9 Å². The second kappa shape index (κ2) is 2.94. The molecule has 66 valence electrons. The van der Waals surface area contributed by atoms with E-state index in [0.29, 0.717) is 11.3 Å². The Morgan fingerprint density at radius 1 is 1.08 bits per heavy atom.